The van der Waals surface area contributed by atoms with E-state index < -0.39 is 5.54 Å². The molecule has 1 aromatic rings. The molecule has 4 nitrogen and oxygen atoms in total. The average molecular weight is 268 g/mol. The summed E-state index contributed by atoms with van der Waals surface area (Å²) in [4.78, 5) is 17.2. The number of thiazole rings is 1. The molecule has 1 saturated carbocycles. The van der Waals surface area contributed by atoms with Crippen molar-refractivity contribution < 1.29 is 9.90 Å². The largest absolute Gasteiger partial charge is 0.394 e. The van der Waals surface area contributed by atoms with Gasteiger partial charge in [0.2, 0.25) is 0 Å². The summed E-state index contributed by atoms with van der Waals surface area (Å²) in [5.74, 6) is -0.0888. The van der Waals surface area contributed by atoms with Crippen LogP contribution >= 0.6 is 11.3 Å². The van der Waals surface area contributed by atoms with E-state index in [1.54, 1.807) is 0 Å². The van der Waals surface area contributed by atoms with Crippen LogP contribution in [0.4, 0.5) is 0 Å². The fraction of sp³-hybridized carbons (Fsp3) is 0.692. The number of rotatable bonds is 3. The quantitative estimate of drug-likeness (QED) is 0.883. The first kappa shape index (κ1) is 13.5. The minimum atomic E-state index is -0.417. The van der Waals surface area contributed by atoms with E-state index in [1.807, 2.05) is 13.8 Å². The van der Waals surface area contributed by atoms with Crippen molar-refractivity contribution in [2.75, 3.05) is 6.61 Å². The predicted molar refractivity (Wildman–Crippen MR) is 72.0 cm³/mol. The molecule has 0 aromatic carbocycles. The number of hydrogen-bond donors (Lipinski definition) is 2. The zero-order valence-corrected chi connectivity index (χ0v) is 11.8. The number of aliphatic hydroxyl groups is 1. The molecule has 0 aliphatic heterocycles. The van der Waals surface area contributed by atoms with Crippen LogP contribution in [0.1, 0.15) is 52.5 Å². The molecule has 18 heavy (non-hydrogen) atoms. The van der Waals surface area contributed by atoms with Crippen molar-refractivity contribution in [2.45, 2.75) is 51.5 Å². The smallest absolute Gasteiger partial charge is 0.263 e. The van der Waals surface area contributed by atoms with Gasteiger partial charge in [0.1, 0.15) is 4.88 Å². The number of aliphatic hydroxyl groups excluding tert-OH is 1. The Morgan fingerprint density at radius 1 is 1.39 bits per heavy atom. The lowest BCUT2D eigenvalue weighted by Gasteiger charge is -2.36. The van der Waals surface area contributed by atoms with Crippen LogP contribution in [0.3, 0.4) is 0 Å². The Morgan fingerprint density at radius 3 is 2.56 bits per heavy atom. The molecular weight excluding hydrogens is 248 g/mol. The highest BCUT2D eigenvalue weighted by molar-refractivity contribution is 7.13. The molecule has 0 bridgehead atoms. The van der Waals surface area contributed by atoms with Crippen LogP contribution in [0.15, 0.2) is 0 Å². The van der Waals surface area contributed by atoms with E-state index in [4.69, 9.17) is 0 Å². The Hall–Kier alpha value is -0.940. The number of aromatic nitrogens is 1. The molecule has 2 N–H and O–H groups in total. The summed E-state index contributed by atoms with van der Waals surface area (Å²) in [7, 11) is 0. The van der Waals surface area contributed by atoms with E-state index in [1.165, 1.54) is 17.8 Å². The van der Waals surface area contributed by atoms with Gasteiger partial charge in [-0.1, -0.05) is 19.3 Å². The molecule has 1 fully saturated rings. The summed E-state index contributed by atoms with van der Waals surface area (Å²) in [6.07, 6.45) is 5.07. The maximum absolute atomic E-state index is 12.3. The third-order valence-electron chi connectivity index (χ3n) is 3.60. The third-order valence-corrected chi connectivity index (χ3v) is 4.67. The Kier molecular flexibility index (Phi) is 4.02. The summed E-state index contributed by atoms with van der Waals surface area (Å²) in [6, 6.07) is 0. The van der Waals surface area contributed by atoms with Gasteiger partial charge in [0, 0.05) is 0 Å². The lowest BCUT2D eigenvalue weighted by Crippen LogP contribution is -2.52. The second kappa shape index (κ2) is 5.36. The standard InChI is InChI=1S/C13H20N2O2S/c1-9-11(18-10(2)14-9)12(17)15-13(8-16)6-4-3-5-7-13/h16H,3-8H2,1-2H3,(H,15,17). The Bertz CT molecular complexity index is 436. The average Bonchev–Trinajstić information content (AvgIpc) is 2.70. The summed E-state index contributed by atoms with van der Waals surface area (Å²) in [6.45, 7) is 3.78. The molecule has 100 valence electrons. The van der Waals surface area contributed by atoms with Gasteiger partial charge in [-0.15, -0.1) is 11.3 Å². The first-order chi connectivity index (χ1) is 8.56. The van der Waals surface area contributed by atoms with E-state index >= 15 is 0 Å². The first-order valence-corrected chi connectivity index (χ1v) is 7.25. The molecular formula is C13H20N2O2S. The number of nitrogens with one attached hydrogen (secondary N) is 1. The number of amides is 1. The number of hydrogen-bond acceptors (Lipinski definition) is 4. The fourth-order valence-corrected chi connectivity index (χ4v) is 3.41. The summed E-state index contributed by atoms with van der Waals surface area (Å²) in [5.41, 5.74) is 0.360. The summed E-state index contributed by atoms with van der Waals surface area (Å²) < 4.78 is 0. The van der Waals surface area contributed by atoms with Crippen LogP contribution in [0.2, 0.25) is 0 Å². The molecule has 1 heterocycles. The van der Waals surface area contributed by atoms with Crippen molar-refractivity contribution in [1.29, 1.82) is 0 Å². The number of aryl methyl sites for hydroxylation is 2. The van der Waals surface area contributed by atoms with Gasteiger partial charge < -0.3 is 10.4 Å². The molecule has 0 radical (unpaired) electrons. The van der Waals surface area contributed by atoms with E-state index in [-0.39, 0.29) is 12.5 Å². The van der Waals surface area contributed by atoms with Gasteiger partial charge in [0.05, 0.1) is 22.8 Å². The van der Waals surface area contributed by atoms with Crippen LogP contribution in [-0.2, 0) is 0 Å². The maximum Gasteiger partial charge on any atom is 0.263 e. The monoisotopic (exact) mass is 268 g/mol. The van der Waals surface area contributed by atoms with Crippen LogP contribution in [0, 0.1) is 13.8 Å². The normalized spacial score (nSPS) is 18.6. The van der Waals surface area contributed by atoms with Gasteiger partial charge in [0.15, 0.2) is 0 Å². The summed E-state index contributed by atoms with van der Waals surface area (Å²) in [5, 5.41) is 13.5. The number of nitrogens with zero attached hydrogens (tertiary/aromatic N) is 1. The van der Waals surface area contributed by atoms with Gasteiger partial charge in [-0.3, -0.25) is 4.79 Å². The van der Waals surface area contributed by atoms with Crippen molar-refractivity contribution in [3.63, 3.8) is 0 Å². The molecule has 1 aliphatic rings. The highest BCUT2D eigenvalue weighted by Gasteiger charge is 2.33. The van der Waals surface area contributed by atoms with E-state index in [9.17, 15) is 9.90 Å². The van der Waals surface area contributed by atoms with Gasteiger partial charge in [-0.05, 0) is 26.7 Å². The van der Waals surface area contributed by atoms with Crippen molar-refractivity contribution in [3.05, 3.63) is 15.6 Å². The van der Waals surface area contributed by atoms with Gasteiger partial charge >= 0.3 is 0 Å². The van der Waals surface area contributed by atoms with Crippen LogP contribution < -0.4 is 5.32 Å². The highest BCUT2D eigenvalue weighted by Crippen LogP contribution is 2.28. The lowest BCUT2D eigenvalue weighted by atomic mass is 9.82. The Morgan fingerprint density at radius 2 is 2.06 bits per heavy atom. The van der Waals surface area contributed by atoms with Crippen molar-refractivity contribution >= 4 is 17.2 Å². The first-order valence-electron chi connectivity index (χ1n) is 6.44. The molecule has 5 heteroatoms. The number of carbonyl (C=O) groups excluding carboxylic acids is 1. The highest BCUT2D eigenvalue weighted by atomic mass is 32.1. The van der Waals surface area contributed by atoms with Crippen molar-refractivity contribution in [2.24, 2.45) is 0 Å². The lowest BCUT2D eigenvalue weighted by molar-refractivity contribution is 0.0761. The van der Waals surface area contributed by atoms with Crippen LogP contribution in [0.25, 0.3) is 0 Å². The van der Waals surface area contributed by atoms with Crippen LogP contribution in [0.5, 0.6) is 0 Å². The SMILES string of the molecule is Cc1nc(C)c(C(=O)NC2(CO)CCCCC2)s1. The molecule has 1 aliphatic carbocycles. The molecule has 1 amide bonds. The second-order valence-electron chi connectivity index (χ2n) is 5.10. The molecule has 0 saturated heterocycles. The third kappa shape index (κ3) is 2.72. The van der Waals surface area contributed by atoms with E-state index in [2.05, 4.69) is 10.3 Å². The van der Waals surface area contributed by atoms with E-state index in [0.29, 0.717) is 4.88 Å². The molecule has 0 unspecified atom stereocenters. The Labute approximate surface area is 111 Å². The molecule has 0 atom stereocenters. The molecule has 1 aromatic heterocycles. The predicted octanol–water partition coefficient (Wildman–Crippen LogP) is 2.18. The van der Waals surface area contributed by atoms with Gasteiger partial charge in [0.25, 0.3) is 5.91 Å². The second-order valence-corrected chi connectivity index (χ2v) is 6.30. The zero-order valence-electron chi connectivity index (χ0n) is 11.0. The van der Waals surface area contributed by atoms with Crippen molar-refractivity contribution in [3.8, 4) is 0 Å². The summed E-state index contributed by atoms with van der Waals surface area (Å²) >= 11 is 1.42. The van der Waals surface area contributed by atoms with Crippen LogP contribution in [-0.4, -0.2) is 28.1 Å². The van der Waals surface area contributed by atoms with Gasteiger partial charge in [-0.25, -0.2) is 4.98 Å². The molecule has 0 spiro atoms. The van der Waals surface area contributed by atoms with Gasteiger partial charge in [-0.2, -0.15) is 0 Å². The maximum atomic E-state index is 12.3. The minimum Gasteiger partial charge on any atom is -0.394 e. The topological polar surface area (TPSA) is 62.2 Å². The fourth-order valence-electron chi connectivity index (χ4n) is 2.59. The molecule has 2 rings (SSSR count). The van der Waals surface area contributed by atoms with E-state index in [0.717, 1.165) is 36.4 Å². The minimum absolute atomic E-state index is 0.0234. The number of carbonyl (C=O) groups is 1. The van der Waals surface area contributed by atoms with Crippen molar-refractivity contribution in [1.82, 2.24) is 10.3 Å². The zero-order chi connectivity index (χ0) is 13.2. The Balaban J connectivity index is 2.12.